The molecule has 5 rings (SSSR count). The Labute approximate surface area is 191 Å². The van der Waals surface area contributed by atoms with E-state index in [1.54, 1.807) is 0 Å². The minimum absolute atomic E-state index is 0.152. The Morgan fingerprint density at radius 1 is 1.21 bits per heavy atom. The Hall–Kier alpha value is -2.60. The van der Waals surface area contributed by atoms with Crippen LogP contribution in [0.25, 0.3) is 11.3 Å². The van der Waals surface area contributed by atoms with Crippen molar-refractivity contribution in [1.29, 1.82) is 5.26 Å². The zero-order chi connectivity index (χ0) is 23.5. The van der Waals surface area contributed by atoms with E-state index in [0.29, 0.717) is 35.1 Å². The maximum atomic E-state index is 13.4. The van der Waals surface area contributed by atoms with E-state index < -0.39 is 17.6 Å². The monoisotopic (exact) mass is 458 g/mol. The number of nitrogen functional groups attached to an aromatic ring is 1. The van der Waals surface area contributed by atoms with Crippen LogP contribution in [0, 0.1) is 29.1 Å². The lowest BCUT2D eigenvalue weighted by atomic mass is 9.81. The summed E-state index contributed by atoms with van der Waals surface area (Å²) in [7, 11) is 0. The summed E-state index contributed by atoms with van der Waals surface area (Å²) in [4.78, 5) is 6.26. The largest absolute Gasteiger partial charge is 0.419 e. The molecule has 2 N–H and O–H groups in total. The second kappa shape index (κ2) is 8.01. The van der Waals surface area contributed by atoms with Gasteiger partial charge in [0.05, 0.1) is 23.2 Å². The molecule has 3 heterocycles. The first-order valence-corrected chi connectivity index (χ1v) is 11.8. The highest BCUT2D eigenvalue weighted by molar-refractivity contribution is 5.63. The molecule has 2 saturated carbocycles. The van der Waals surface area contributed by atoms with Gasteiger partial charge in [0.1, 0.15) is 5.82 Å². The number of anilines is 1. The van der Waals surface area contributed by atoms with Crippen LogP contribution in [0.3, 0.4) is 0 Å². The Balaban J connectivity index is 1.42. The van der Waals surface area contributed by atoms with Crippen molar-refractivity contribution in [2.24, 2.45) is 17.8 Å². The van der Waals surface area contributed by atoms with Crippen molar-refractivity contribution in [2.45, 2.75) is 63.7 Å². The molecule has 0 spiro atoms. The number of hydrogen-bond donors (Lipinski definition) is 1. The number of nitrogens with two attached hydrogens (primary N) is 1. The molecule has 2 aliphatic carbocycles. The minimum atomic E-state index is -4.56. The molecule has 6 nitrogen and oxygen atoms in total. The van der Waals surface area contributed by atoms with E-state index in [1.807, 2.05) is 10.7 Å². The van der Waals surface area contributed by atoms with Crippen LogP contribution in [0.5, 0.6) is 0 Å². The van der Waals surface area contributed by atoms with E-state index in [1.165, 1.54) is 12.6 Å². The molecule has 4 unspecified atom stereocenters. The molecule has 3 fully saturated rings. The molecule has 0 amide bonds. The fraction of sp³-hybridized carbons (Fsp3) is 0.625. The number of halogens is 3. The number of rotatable bonds is 5. The number of pyridine rings is 1. The van der Waals surface area contributed by atoms with Gasteiger partial charge in [-0.05, 0) is 56.6 Å². The van der Waals surface area contributed by atoms with Gasteiger partial charge in [-0.25, -0.2) is 4.98 Å². The average molecular weight is 459 g/mol. The summed E-state index contributed by atoms with van der Waals surface area (Å²) < 4.78 is 42.1. The fourth-order valence-corrected chi connectivity index (χ4v) is 6.12. The molecule has 9 heteroatoms. The van der Waals surface area contributed by atoms with E-state index in [0.717, 1.165) is 44.1 Å². The van der Waals surface area contributed by atoms with Crippen LogP contribution in [-0.2, 0) is 6.18 Å². The van der Waals surface area contributed by atoms with Gasteiger partial charge in [-0.15, -0.1) is 0 Å². The SMILES string of the molecule is CCC(C)n1nc(-c2cnc(N)c(C(F)(F)F)c2)cc1C1CC2C[C@@H]1CC2N1CC(C#N)C1. The van der Waals surface area contributed by atoms with Crippen molar-refractivity contribution in [3.8, 4) is 17.3 Å². The lowest BCUT2D eigenvalue weighted by molar-refractivity contribution is -0.137. The highest BCUT2D eigenvalue weighted by Crippen LogP contribution is 2.55. The molecule has 2 bridgehead atoms. The number of fused-ring (bicyclic) bond motifs is 2. The molecular formula is C24H29F3N6. The van der Waals surface area contributed by atoms with Crippen LogP contribution in [0.15, 0.2) is 18.3 Å². The van der Waals surface area contributed by atoms with Gasteiger partial charge >= 0.3 is 6.18 Å². The van der Waals surface area contributed by atoms with Gasteiger partial charge in [0.25, 0.3) is 0 Å². The van der Waals surface area contributed by atoms with Crippen molar-refractivity contribution in [1.82, 2.24) is 19.7 Å². The van der Waals surface area contributed by atoms with Crippen molar-refractivity contribution >= 4 is 5.82 Å². The zero-order valence-electron chi connectivity index (χ0n) is 18.9. The molecule has 33 heavy (non-hydrogen) atoms. The van der Waals surface area contributed by atoms with Crippen molar-refractivity contribution in [3.05, 3.63) is 29.6 Å². The number of alkyl halides is 3. The average Bonchev–Trinajstić information content (AvgIpc) is 3.46. The second-order valence-electron chi connectivity index (χ2n) is 9.99. The second-order valence-corrected chi connectivity index (χ2v) is 9.99. The van der Waals surface area contributed by atoms with Crippen LogP contribution < -0.4 is 5.73 Å². The third-order valence-electron chi connectivity index (χ3n) is 8.05. The predicted octanol–water partition coefficient (Wildman–Crippen LogP) is 4.85. The lowest BCUT2D eigenvalue weighted by Gasteiger charge is -2.44. The molecular weight excluding hydrogens is 429 g/mol. The molecule has 1 saturated heterocycles. The summed E-state index contributed by atoms with van der Waals surface area (Å²) in [5.74, 6) is 1.17. The highest BCUT2D eigenvalue weighted by Gasteiger charge is 2.51. The number of likely N-dealkylation sites (tertiary alicyclic amines) is 1. The normalized spacial score (nSPS) is 28.6. The fourth-order valence-electron chi connectivity index (χ4n) is 6.12. The molecule has 2 aromatic rings. The van der Waals surface area contributed by atoms with E-state index in [2.05, 4.69) is 29.8 Å². The standard InChI is InChI=1S/C24H29F3N6/c1-3-13(2)33-22(8-20(31-33)17-6-19(24(25,26)27)23(29)30-10-17)18-5-16-4-15(18)7-21(16)32-11-14(9-28)12-32/h6,8,10,13-16,18,21H,3-5,7,11-12H2,1-2H3,(H2,29,30)/t13?,15-,16?,18?,21?/m1/s1. The topological polar surface area (TPSA) is 83.8 Å². The zero-order valence-corrected chi connectivity index (χ0v) is 18.9. The number of aromatic nitrogens is 3. The smallest absolute Gasteiger partial charge is 0.383 e. The molecule has 5 atom stereocenters. The van der Waals surface area contributed by atoms with Gasteiger partial charge in [-0.3, -0.25) is 9.58 Å². The van der Waals surface area contributed by atoms with Crippen molar-refractivity contribution in [3.63, 3.8) is 0 Å². The van der Waals surface area contributed by atoms with Gasteiger partial charge in [0, 0.05) is 48.5 Å². The predicted molar refractivity (Wildman–Crippen MR) is 118 cm³/mol. The first-order chi connectivity index (χ1) is 15.7. The van der Waals surface area contributed by atoms with Gasteiger partial charge in [0.2, 0.25) is 0 Å². The van der Waals surface area contributed by atoms with Crippen molar-refractivity contribution in [2.75, 3.05) is 18.8 Å². The Morgan fingerprint density at radius 2 is 1.97 bits per heavy atom. The minimum Gasteiger partial charge on any atom is -0.383 e. The summed E-state index contributed by atoms with van der Waals surface area (Å²) in [6.45, 7) is 5.96. The summed E-state index contributed by atoms with van der Waals surface area (Å²) in [6.07, 6.45) is 1.06. The summed E-state index contributed by atoms with van der Waals surface area (Å²) >= 11 is 0. The Kier molecular flexibility index (Phi) is 5.39. The van der Waals surface area contributed by atoms with Crippen LogP contribution in [0.1, 0.15) is 62.7 Å². The van der Waals surface area contributed by atoms with Crippen molar-refractivity contribution < 1.29 is 13.2 Å². The first-order valence-electron chi connectivity index (χ1n) is 11.8. The van der Waals surface area contributed by atoms with E-state index in [-0.39, 0.29) is 12.0 Å². The summed E-state index contributed by atoms with van der Waals surface area (Å²) in [5.41, 5.74) is 6.54. The van der Waals surface area contributed by atoms with E-state index in [4.69, 9.17) is 16.1 Å². The van der Waals surface area contributed by atoms with E-state index >= 15 is 0 Å². The number of hydrogen-bond acceptors (Lipinski definition) is 5. The summed E-state index contributed by atoms with van der Waals surface area (Å²) in [5, 5.41) is 13.8. The first kappa shape index (κ1) is 22.2. The number of nitrogens with zero attached hydrogens (tertiary/aromatic N) is 5. The summed E-state index contributed by atoms with van der Waals surface area (Å²) in [6, 6.07) is 6.10. The molecule has 176 valence electrons. The molecule has 3 aliphatic rings. The lowest BCUT2D eigenvalue weighted by Crippen LogP contribution is -2.53. The Bertz CT molecular complexity index is 1080. The Morgan fingerprint density at radius 3 is 2.58 bits per heavy atom. The van der Waals surface area contributed by atoms with Gasteiger partial charge in [-0.1, -0.05) is 6.92 Å². The van der Waals surface area contributed by atoms with Gasteiger partial charge < -0.3 is 5.73 Å². The third-order valence-corrected chi connectivity index (χ3v) is 8.05. The maximum absolute atomic E-state index is 13.4. The van der Waals surface area contributed by atoms with E-state index in [9.17, 15) is 13.2 Å². The van der Waals surface area contributed by atoms with Gasteiger partial charge in [0.15, 0.2) is 0 Å². The maximum Gasteiger partial charge on any atom is 0.419 e. The van der Waals surface area contributed by atoms with Crippen LogP contribution in [0.4, 0.5) is 19.0 Å². The van der Waals surface area contributed by atoms with Crippen LogP contribution in [-0.4, -0.2) is 38.8 Å². The molecule has 1 aliphatic heterocycles. The van der Waals surface area contributed by atoms with Crippen LogP contribution in [0.2, 0.25) is 0 Å². The molecule has 2 aromatic heterocycles. The number of nitriles is 1. The molecule has 0 radical (unpaired) electrons. The quantitative estimate of drug-likeness (QED) is 0.692. The van der Waals surface area contributed by atoms with Gasteiger partial charge in [-0.2, -0.15) is 23.5 Å². The molecule has 0 aromatic carbocycles. The highest BCUT2D eigenvalue weighted by atomic mass is 19.4. The third kappa shape index (κ3) is 3.78. The van der Waals surface area contributed by atoms with Crippen LogP contribution >= 0.6 is 0 Å².